The normalized spacial score (nSPS) is 13.8. The van der Waals surface area contributed by atoms with Crippen molar-refractivity contribution in [3.63, 3.8) is 0 Å². The van der Waals surface area contributed by atoms with Gasteiger partial charge in [-0.3, -0.25) is 23.9 Å². The van der Waals surface area contributed by atoms with Gasteiger partial charge in [0.2, 0.25) is 5.82 Å². The number of rotatable bonds is 11. The van der Waals surface area contributed by atoms with E-state index >= 15 is 0 Å². The van der Waals surface area contributed by atoms with Gasteiger partial charge < -0.3 is 30.9 Å². The van der Waals surface area contributed by atoms with Crippen molar-refractivity contribution in [2.75, 3.05) is 39.3 Å². The van der Waals surface area contributed by atoms with E-state index in [9.17, 15) is 28.7 Å². The van der Waals surface area contributed by atoms with Crippen LogP contribution in [0.3, 0.4) is 0 Å². The number of hydrogen-bond donors (Lipinski definition) is 5. The lowest BCUT2D eigenvalue weighted by atomic mass is 10.00. The number of nitrogens with zero attached hydrogens (tertiary/aromatic N) is 5. The second kappa shape index (κ2) is 17.0. The Kier molecular flexibility index (Phi) is 13.2. The Morgan fingerprint density at radius 3 is 2.13 bits per heavy atom. The Bertz CT molecular complexity index is 1540. The number of carboxylic acid groups (broad SMARTS) is 2. The number of piperazine rings is 1. The van der Waals surface area contributed by atoms with Crippen molar-refractivity contribution in [1.29, 1.82) is 0 Å². The van der Waals surface area contributed by atoms with E-state index in [2.05, 4.69) is 34.3 Å². The standard InChI is InChI=1S/C29H36FN7O5.C3H6O2/c1-4-31-27(39)26-34-33-25(22-15-20(18(2)3)7-10-24(22)38)37(26)21-8-5-19(6-9-21)17-35-11-13-36(14-12-35)28(40)23(30)16-32-29(41)42;1-2-3(4)5/h5-10,15,18,23,32,38H,4,11-14,16-17H2,1-3H3,(H,31,39)(H,41,42);2H2,1H3,(H,4,5). The second-order valence-electron chi connectivity index (χ2n) is 11.1. The number of alkyl halides is 1. The first-order valence-corrected chi connectivity index (χ1v) is 15.4. The fourth-order valence-corrected chi connectivity index (χ4v) is 4.78. The summed E-state index contributed by atoms with van der Waals surface area (Å²) in [5.74, 6) is -1.16. The van der Waals surface area contributed by atoms with Gasteiger partial charge in [-0.15, -0.1) is 10.2 Å². The summed E-state index contributed by atoms with van der Waals surface area (Å²) in [4.78, 5) is 48.6. The molecule has 3 amide bonds. The largest absolute Gasteiger partial charge is 0.507 e. The Morgan fingerprint density at radius 1 is 0.936 bits per heavy atom. The molecule has 1 atom stereocenters. The van der Waals surface area contributed by atoms with Crippen LogP contribution in [0.15, 0.2) is 42.5 Å². The third-order valence-corrected chi connectivity index (χ3v) is 7.42. The molecule has 1 aliphatic heterocycles. The quantitative estimate of drug-likeness (QED) is 0.205. The minimum Gasteiger partial charge on any atom is -0.507 e. The molecule has 47 heavy (non-hydrogen) atoms. The number of hydrogen-bond acceptors (Lipinski definition) is 8. The third-order valence-electron chi connectivity index (χ3n) is 7.42. The number of amides is 3. The summed E-state index contributed by atoms with van der Waals surface area (Å²) in [6.07, 6.45) is -3.07. The number of phenols is 1. The highest BCUT2D eigenvalue weighted by atomic mass is 19.1. The predicted octanol–water partition coefficient (Wildman–Crippen LogP) is 3.24. The molecule has 1 saturated heterocycles. The van der Waals surface area contributed by atoms with Crippen molar-refractivity contribution in [3.8, 4) is 22.8 Å². The van der Waals surface area contributed by atoms with Gasteiger partial charge in [0, 0.05) is 51.4 Å². The van der Waals surface area contributed by atoms with E-state index in [0.717, 1.165) is 11.1 Å². The summed E-state index contributed by atoms with van der Waals surface area (Å²) >= 11 is 0. The molecule has 0 bridgehead atoms. The highest BCUT2D eigenvalue weighted by Crippen LogP contribution is 2.33. The van der Waals surface area contributed by atoms with Gasteiger partial charge in [0.05, 0.1) is 12.1 Å². The summed E-state index contributed by atoms with van der Waals surface area (Å²) in [5, 5.41) is 40.1. The molecule has 0 aliphatic carbocycles. The SMILES string of the molecule is CCC(=O)O.CCNC(=O)c1nnc(-c2cc(C(C)C)ccc2O)n1-c1ccc(CN2CCN(C(=O)C(F)CNC(=O)O)CC2)cc1. The molecular formula is C32H42FN7O7. The molecule has 1 fully saturated rings. The molecule has 254 valence electrons. The van der Waals surface area contributed by atoms with Crippen LogP contribution in [0.2, 0.25) is 0 Å². The molecule has 14 nitrogen and oxygen atoms in total. The van der Waals surface area contributed by atoms with Gasteiger partial charge in [0.25, 0.3) is 11.8 Å². The molecule has 0 saturated carbocycles. The number of carbonyl (C=O) groups is 4. The number of phenolic OH excluding ortho intramolecular Hbond substituents is 1. The van der Waals surface area contributed by atoms with E-state index in [0.29, 0.717) is 56.3 Å². The van der Waals surface area contributed by atoms with E-state index in [1.54, 1.807) is 17.6 Å². The van der Waals surface area contributed by atoms with Crippen LogP contribution < -0.4 is 10.6 Å². The first-order valence-electron chi connectivity index (χ1n) is 15.4. The first-order chi connectivity index (χ1) is 22.4. The summed E-state index contributed by atoms with van der Waals surface area (Å²) in [6, 6.07) is 12.9. The smallest absolute Gasteiger partial charge is 0.404 e. The maximum absolute atomic E-state index is 14.1. The molecule has 4 rings (SSSR count). The number of nitrogens with one attached hydrogen (secondary N) is 2. The molecule has 0 spiro atoms. The topological polar surface area (TPSA) is 190 Å². The van der Waals surface area contributed by atoms with Gasteiger partial charge in [-0.2, -0.15) is 0 Å². The van der Waals surface area contributed by atoms with Gasteiger partial charge in [0.15, 0.2) is 12.0 Å². The maximum Gasteiger partial charge on any atom is 0.404 e. The van der Waals surface area contributed by atoms with Crippen molar-refractivity contribution in [2.24, 2.45) is 0 Å². The van der Waals surface area contributed by atoms with Crippen LogP contribution >= 0.6 is 0 Å². The van der Waals surface area contributed by atoms with Crippen LogP contribution in [0.4, 0.5) is 9.18 Å². The number of aromatic hydroxyl groups is 1. The zero-order valence-corrected chi connectivity index (χ0v) is 26.9. The van der Waals surface area contributed by atoms with Crippen LogP contribution in [0.5, 0.6) is 5.75 Å². The summed E-state index contributed by atoms with van der Waals surface area (Å²) in [7, 11) is 0. The van der Waals surface area contributed by atoms with Gasteiger partial charge in [-0.05, 0) is 48.2 Å². The number of benzene rings is 2. The van der Waals surface area contributed by atoms with Crippen molar-refractivity contribution >= 4 is 23.9 Å². The summed E-state index contributed by atoms with van der Waals surface area (Å²) < 4.78 is 15.7. The predicted molar refractivity (Wildman–Crippen MR) is 171 cm³/mol. The van der Waals surface area contributed by atoms with Crippen LogP contribution in [-0.2, 0) is 16.1 Å². The van der Waals surface area contributed by atoms with E-state index in [1.165, 1.54) is 4.90 Å². The highest BCUT2D eigenvalue weighted by Gasteiger charge is 2.28. The molecule has 15 heteroatoms. The minimum absolute atomic E-state index is 0.0296. The monoisotopic (exact) mass is 655 g/mol. The number of carboxylic acids is 1. The Hall–Kier alpha value is -5.05. The first kappa shape index (κ1) is 36.4. The van der Waals surface area contributed by atoms with E-state index in [-0.39, 0.29) is 29.8 Å². The third kappa shape index (κ3) is 9.97. The highest BCUT2D eigenvalue weighted by molar-refractivity contribution is 5.92. The van der Waals surface area contributed by atoms with Crippen molar-refractivity contribution in [1.82, 2.24) is 35.2 Å². The Balaban J connectivity index is 0.00000111. The number of aliphatic carboxylic acids is 1. The van der Waals surface area contributed by atoms with Gasteiger partial charge >= 0.3 is 12.1 Å². The Morgan fingerprint density at radius 2 is 1.57 bits per heavy atom. The second-order valence-corrected chi connectivity index (χ2v) is 11.1. The maximum atomic E-state index is 14.1. The van der Waals surface area contributed by atoms with E-state index in [1.807, 2.05) is 48.6 Å². The fraction of sp³-hybridized carbons (Fsp3) is 0.438. The number of halogens is 1. The number of aromatic nitrogens is 3. The van der Waals surface area contributed by atoms with Gasteiger partial charge in [0.1, 0.15) is 5.75 Å². The van der Waals surface area contributed by atoms with Crippen LogP contribution in [0.1, 0.15) is 61.8 Å². The van der Waals surface area contributed by atoms with Crippen LogP contribution in [0.25, 0.3) is 17.1 Å². The van der Waals surface area contributed by atoms with E-state index < -0.39 is 30.7 Å². The zero-order chi connectivity index (χ0) is 34.7. The van der Waals surface area contributed by atoms with E-state index in [4.69, 9.17) is 10.2 Å². The average molecular weight is 656 g/mol. The van der Waals surface area contributed by atoms with Crippen molar-refractivity contribution in [2.45, 2.75) is 52.8 Å². The number of carbonyl (C=O) groups excluding carboxylic acids is 2. The van der Waals surface area contributed by atoms with Crippen LogP contribution in [0, 0.1) is 0 Å². The van der Waals surface area contributed by atoms with Gasteiger partial charge in [-0.25, -0.2) is 9.18 Å². The molecule has 3 aromatic rings. The van der Waals surface area contributed by atoms with Crippen LogP contribution in [-0.4, -0.2) is 109 Å². The Labute approximate surface area is 272 Å². The lowest BCUT2D eigenvalue weighted by Crippen LogP contribution is -2.52. The van der Waals surface area contributed by atoms with Gasteiger partial charge in [-0.1, -0.05) is 39.0 Å². The lowest BCUT2D eigenvalue weighted by molar-refractivity contribution is -0.138. The molecule has 1 aromatic heterocycles. The molecule has 0 radical (unpaired) electrons. The minimum atomic E-state index is -1.91. The summed E-state index contributed by atoms with van der Waals surface area (Å²) in [6.45, 7) is 9.70. The average Bonchev–Trinajstić information content (AvgIpc) is 3.49. The molecule has 2 aromatic carbocycles. The molecule has 1 unspecified atom stereocenters. The summed E-state index contributed by atoms with van der Waals surface area (Å²) in [5.41, 5.74) is 3.11. The fourth-order valence-electron chi connectivity index (χ4n) is 4.78. The molecule has 2 heterocycles. The lowest BCUT2D eigenvalue weighted by Gasteiger charge is -2.35. The molecule has 1 aliphatic rings. The molecule has 5 N–H and O–H groups in total. The van der Waals surface area contributed by atoms with Crippen molar-refractivity contribution in [3.05, 3.63) is 59.4 Å². The molecular weight excluding hydrogens is 613 g/mol. The van der Waals surface area contributed by atoms with Crippen molar-refractivity contribution < 1.29 is 38.9 Å². The zero-order valence-electron chi connectivity index (χ0n) is 26.9.